The molecule has 0 bridgehead atoms. The van der Waals surface area contributed by atoms with E-state index in [1.807, 2.05) is 30.3 Å². The molecular formula is C16H11FN2OS. The summed E-state index contributed by atoms with van der Waals surface area (Å²) < 4.78 is 12.8. The first-order valence-corrected chi connectivity index (χ1v) is 7.18. The fraction of sp³-hybridized carbons (Fsp3) is 0. The maximum absolute atomic E-state index is 12.8. The number of benzene rings is 2. The minimum Gasteiger partial charge on any atom is -0.321 e. The predicted molar refractivity (Wildman–Crippen MR) is 81.9 cm³/mol. The number of hydrogen-bond donors (Lipinski definition) is 1. The van der Waals surface area contributed by atoms with Crippen LogP contribution in [0.2, 0.25) is 0 Å². The molecule has 3 rings (SSSR count). The van der Waals surface area contributed by atoms with Gasteiger partial charge in [-0.2, -0.15) is 0 Å². The molecule has 2 aromatic carbocycles. The second-order valence-electron chi connectivity index (χ2n) is 4.36. The van der Waals surface area contributed by atoms with Gasteiger partial charge in [0, 0.05) is 16.6 Å². The zero-order chi connectivity index (χ0) is 14.7. The molecule has 5 heteroatoms. The van der Waals surface area contributed by atoms with Crippen molar-refractivity contribution in [2.24, 2.45) is 0 Å². The zero-order valence-electron chi connectivity index (χ0n) is 10.9. The molecule has 0 aliphatic heterocycles. The van der Waals surface area contributed by atoms with Crippen molar-refractivity contribution >= 4 is 22.9 Å². The van der Waals surface area contributed by atoms with E-state index in [-0.39, 0.29) is 11.7 Å². The first kappa shape index (κ1) is 13.5. The Bertz CT molecular complexity index is 753. The van der Waals surface area contributed by atoms with Crippen molar-refractivity contribution in [3.8, 4) is 10.6 Å². The summed E-state index contributed by atoms with van der Waals surface area (Å²) in [4.78, 5) is 16.4. The summed E-state index contributed by atoms with van der Waals surface area (Å²) in [5.41, 5.74) is 1.86. The van der Waals surface area contributed by atoms with Gasteiger partial charge in [-0.3, -0.25) is 4.79 Å². The van der Waals surface area contributed by atoms with Crippen LogP contribution in [0.1, 0.15) is 10.5 Å². The van der Waals surface area contributed by atoms with E-state index >= 15 is 0 Å². The third-order valence-corrected chi connectivity index (χ3v) is 3.75. The molecule has 1 N–H and O–H groups in total. The minimum absolute atomic E-state index is 0.306. The molecule has 0 atom stereocenters. The number of nitrogens with one attached hydrogen (secondary N) is 1. The number of thiazole rings is 1. The fourth-order valence-electron chi connectivity index (χ4n) is 1.82. The van der Waals surface area contributed by atoms with Crippen LogP contribution >= 0.6 is 11.3 Å². The number of aromatic nitrogens is 1. The lowest BCUT2D eigenvalue weighted by molar-refractivity contribution is 0.102. The van der Waals surface area contributed by atoms with Gasteiger partial charge in [0.05, 0.1) is 0 Å². The molecule has 0 fully saturated rings. The molecule has 3 aromatic rings. The van der Waals surface area contributed by atoms with Crippen LogP contribution in [0.5, 0.6) is 0 Å². The lowest BCUT2D eigenvalue weighted by atomic mass is 10.2. The van der Waals surface area contributed by atoms with Crippen molar-refractivity contribution in [2.75, 3.05) is 5.32 Å². The number of hydrogen-bond acceptors (Lipinski definition) is 3. The van der Waals surface area contributed by atoms with Crippen LogP contribution < -0.4 is 5.32 Å². The monoisotopic (exact) mass is 298 g/mol. The van der Waals surface area contributed by atoms with E-state index < -0.39 is 0 Å². The lowest BCUT2D eigenvalue weighted by Gasteiger charge is -2.02. The Hall–Kier alpha value is -2.53. The Kier molecular flexibility index (Phi) is 3.75. The lowest BCUT2D eigenvalue weighted by Crippen LogP contribution is -2.12. The summed E-state index contributed by atoms with van der Waals surface area (Å²) in [5, 5.41) is 5.19. The molecular weight excluding hydrogens is 287 g/mol. The number of carbonyl (C=O) groups is 1. The van der Waals surface area contributed by atoms with Gasteiger partial charge >= 0.3 is 0 Å². The van der Waals surface area contributed by atoms with Crippen LogP contribution in [0.25, 0.3) is 10.6 Å². The van der Waals surface area contributed by atoms with Crippen molar-refractivity contribution in [1.82, 2.24) is 4.98 Å². The van der Waals surface area contributed by atoms with E-state index in [0.29, 0.717) is 11.4 Å². The maximum Gasteiger partial charge on any atom is 0.275 e. The number of rotatable bonds is 3. The van der Waals surface area contributed by atoms with Gasteiger partial charge in [0.2, 0.25) is 0 Å². The van der Waals surface area contributed by atoms with Gasteiger partial charge in [-0.1, -0.05) is 30.3 Å². The number of anilines is 1. The summed E-state index contributed by atoms with van der Waals surface area (Å²) in [6.07, 6.45) is 0. The smallest absolute Gasteiger partial charge is 0.275 e. The third kappa shape index (κ3) is 3.14. The largest absolute Gasteiger partial charge is 0.321 e. The standard InChI is InChI=1S/C16H11FN2OS/c17-12-6-8-13(9-7-12)18-15(20)14-10-21-16(19-14)11-4-2-1-3-5-11/h1-10H,(H,18,20). The van der Waals surface area contributed by atoms with E-state index in [4.69, 9.17) is 0 Å². The van der Waals surface area contributed by atoms with Crippen LogP contribution in [0.3, 0.4) is 0 Å². The maximum atomic E-state index is 12.8. The molecule has 104 valence electrons. The summed E-state index contributed by atoms with van der Waals surface area (Å²) in [6, 6.07) is 15.3. The highest BCUT2D eigenvalue weighted by atomic mass is 32.1. The van der Waals surface area contributed by atoms with Crippen molar-refractivity contribution in [3.05, 3.63) is 71.5 Å². The molecule has 0 saturated carbocycles. The Morgan fingerprint density at radius 3 is 2.48 bits per heavy atom. The average molecular weight is 298 g/mol. The quantitative estimate of drug-likeness (QED) is 0.787. The molecule has 1 heterocycles. The molecule has 0 unspecified atom stereocenters. The predicted octanol–water partition coefficient (Wildman–Crippen LogP) is 4.20. The summed E-state index contributed by atoms with van der Waals surface area (Å²) >= 11 is 1.41. The summed E-state index contributed by atoms with van der Waals surface area (Å²) in [5.74, 6) is -0.645. The van der Waals surface area contributed by atoms with E-state index in [9.17, 15) is 9.18 Å². The van der Waals surface area contributed by atoms with Crippen LogP contribution in [0.4, 0.5) is 10.1 Å². The molecule has 0 aliphatic carbocycles. The zero-order valence-corrected chi connectivity index (χ0v) is 11.7. The topological polar surface area (TPSA) is 42.0 Å². The SMILES string of the molecule is O=C(Nc1ccc(F)cc1)c1csc(-c2ccccc2)n1. The van der Waals surface area contributed by atoms with E-state index in [1.54, 1.807) is 5.38 Å². The highest BCUT2D eigenvalue weighted by Gasteiger charge is 2.12. The van der Waals surface area contributed by atoms with E-state index in [2.05, 4.69) is 10.3 Å². The van der Waals surface area contributed by atoms with Gasteiger partial charge in [0.1, 0.15) is 16.5 Å². The second-order valence-corrected chi connectivity index (χ2v) is 5.22. The Morgan fingerprint density at radius 1 is 1.05 bits per heavy atom. The van der Waals surface area contributed by atoms with E-state index in [1.165, 1.54) is 35.6 Å². The minimum atomic E-state index is -0.340. The van der Waals surface area contributed by atoms with Crippen molar-refractivity contribution in [1.29, 1.82) is 0 Å². The summed E-state index contributed by atoms with van der Waals surface area (Å²) in [7, 11) is 0. The van der Waals surface area contributed by atoms with Gasteiger partial charge in [-0.15, -0.1) is 11.3 Å². The molecule has 1 amide bonds. The van der Waals surface area contributed by atoms with Crippen LogP contribution in [0.15, 0.2) is 60.0 Å². The molecule has 0 aliphatic rings. The fourth-order valence-corrected chi connectivity index (χ4v) is 2.63. The number of amides is 1. The molecule has 1 aromatic heterocycles. The molecule has 0 saturated heterocycles. The van der Waals surface area contributed by atoms with Gasteiger partial charge in [-0.05, 0) is 24.3 Å². The Balaban J connectivity index is 1.77. The van der Waals surface area contributed by atoms with Crippen LogP contribution in [0, 0.1) is 5.82 Å². The Labute approximate surface area is 125 Å². The van der Waals surface area contributed by atoms with Gasteiger partial charge in [0.15, 0.2) is 0 Å². The number of halogens is 1. The first-order valence-electron chi connectivity index (χ1n) is 6.30. The number of carbonyl (C=O) groups excluding carboxylic acids is 1. The van der Waals surface area contributed by atoms with Crippen molar-refractivity contribution in [2.45, 2.75) is 0 Å². The van der Waals surface area contributed by atoms with Crippen molar-refractivity contribution in [3.63, 3.8) is 0 Å². The molecule has 0 spiro atoms. The molecule has 3 nitrogen and oxygen atoms in total. The highest BCUT2D eigenvalue weighted by molar-refractivity contribution is 7.13. The van der Waals surface area contributed by atoms with Gasteiger partial charge in [0.25, 0.3) is 5.91 Å². The van der Waals surface area contributed by atoms with Crippen LogP contribution in [-0.2, 0) is 0 Å². The normalized spacial score (nSPS) is 10.3. The highest BCUT2D eigenvalue weighted by Crippen LogP contribution is 2.23. The van der Waals surface area contributed by atoms with Gasteiger partial charge in [-0.25, -0.2) is 9.37 Å². The molecule has 21 heavy (non-hydrogen) atoms. The Morgan fingerprint density at radius 2 is 1.76 bits per heavy atom. The third-order valence-electron chi connectivity index (χ3n) is 2.86. The van der Waals surface area contributed by atoms with Crippen LogP contribution in [-0.4, -0.2) is 10.9 Å². The summed E-state index contributed by atoms with van der Waals surface area (Å²) in [6.45, 7) is 0. The average Bonchev–Trinajstić information content (AvgIpc) is 3.00. The first-order chi connectivity index (χ1) is 10.2. The van der Waals surface area contributed by atoms with E-state index in [0.717, 1.165) is 10.6 Å². The second kappa shape index (κ2) is 5.85. The number of nitrogens with zero attached hydrogens (tertiary/aromatic N) is 1. The van der Waals surface area contributed by atoms with Crippen molar-refractivity contribution < 1.29 is 9.18 Å². The van der Waals surface area contributed by atoms with Gasteiger partial charge < -0.3 is 5.32 Å². The molecule has 0 radical (unpaired) electrons.